The number of hydrogen-bond donors (Lipinski definition) is 0. The van der Waals surface area contributed by atoms with E-state index in [-0.39, 0.29) is 113 Å². The molecule has 0 rings (SSSR count). The van der Waals surface area contributed by atoms with Gasteiger partial charge in [-0.1, -0.05) is 0 Å². The zero-order valence-corrected chi connectivity index (χ0v) is 9.79. The third-order valence-electron chi connectivity index (χ3n) is 0. The molecule has 0 fully saturated rings. The largest absolute Gasteiger partial charge is 1.00 e. The van der Waals surface area contributed by atoms with Crippen LogP contribution in [0.5, 0.6) is 0 Å². The van der Waals surface area contributed by atoms with Crippen molar-refractivity contribution in [3.05, 3.63) is 0 Å². The molecule has 0 aliphatic rings. The van der Waals surface area contributed by atoms with Crippen LogP contribution in [-0.2, 0) is 0 Å². The molecule has 0 aromatic rings. The Morgan fingerprint density at radius 2 is 0.333 bits per heavy atom. The Kier molecular flexibility index (Phi) is 443. The first kappa shape index (κ1) is 62.4. The van der Waals surface area contributed by atoms with Gasteiger partial charge in [-0.3, -0.25) is 0 Å². The van der Waals surface area contributed by atoms with Crippen LogP contribution >= 0.6 is 0 Å². The van der Waals surface area contributed by atoms with Crippen LogP contribution in [-0.4, -0.2) is 0 Å². The molecule has 0 saturated carbocycles. The molecule has 0 spiro atoms. The van der Waals surface area contributed by atoms with Crippen molar-refractivity contribution in [3.63, 3.8) is 0 Å². The normalized spacial score (nSPS) is 0. The Morgan fingerprint density at radius 3 is 0.333 bits per heavy atom. The molecule has 0 aromatic carbocycles. The molecule has 0 atom stereocenters. The predicted molar refractivity (Wildman–Crippen MR) is 0 cm³/mol. The van der Waals surface area contributed by atoms with E-state index in [0.717, 1.165) is 0 Å². The Labute approximate surface area is 111 Å². The summed E-state index contributed by atoms with van der Waals surface area (Å²) in [5.74, 6) is 0. The molecule has 40 valence electrons. The summed E-state index contributed by atoms with van der Waals surface area (Å²) in [7, 11) is 0. The van der Waals surface area contributed by atoms with E-state index in [0.29, 0.717) is 0 Å². The van der Waals surface area contributed by atoms with E-state index < -0.39 is 0 Å². The van der Waals surface area contributed by atoms with E-state index in [4.69, 9.17) is 0 Å². The standard InChI is InChI=1S/5ClH.K/h5*1H;/q;;;;;+1/p-5. The van der Waals surface area contributed by atoms with Gasteiger partial charge in [0, 0.05) is 0 Å². The van der Waals surface area contributed by atoms with Crippen molar-refractivity contribution in [2.24, 2.45) is 0 Å². The van der Waals surface area contributed by atoms with E-state index in [1.54, 1.807) is 0 Å². The predicted octanol–water partition coefficient (Wildman–Crippen LogP) is -18.0. The van der Waals surface area contributed by atoms with Gasteiger partial charge in [0.2, 0.25) is 0 Å². The number of hydrogen-bond acceptors (Lipinski definition) is 0. The molecule has 0 heterocycles. The molecule has 6 heavy (non-hydrogen) atoms. The molecule has 0 aromatic heterocycles. The molecule has 0 amide bonds. The first-order valence-corrected chi connectivity index (χ1v) is 0. The quantitative estimate of drug-likeness (QED) is 0.353. The summed E-state index contributed by atoms with van der Waals surface area (Å²) < 4.78 is 0. The average molecular weight is 216 g/mol. The van der Waals surface area contributed by atoms with Crippen LogP contribution in [0.1, 0.15) is 0 Å². The van der Waals surface area contributed by atoms with Crippen LogP contribution in [0.15, 0.2) is 0 Å². The Morgan fingerprint density at radius 1 is 0.333 bits per heavy atom. The van der Waals surface area contributed by atoms with Gasteiger partial charge in [-0.05, 0) is 0 Å². The topological polar surface area (TPSA) is 0 Å². The van der Waals surface area contributed by atoms with Crippen molar-refractivity contribution >= 4 is 0 Å². The monoisotopic (exact) mass is 214 g/mol. The Balaban J connectivity index is 0. The summed E-state index contributed by atoms with van der Waals surface area (Å²) in [5, 5.41) is 0. The summed E-state index contributed by atoms with van der Waals surface area (Å²) in [6, 6.07) is 0. The fourth-order valence-corrected chi connectivity index (χ4v) is 0. The zero-order valence-electron chi connectivity index (χ0n) is 2.89. The Bertz CT molecular complexity index is 3.90. The molecule has 0 nitrogen and oxygen atoms in total. The summed E-state index contributed by atoms with van der Waals surface area (Å²) in [5.41, 5.74) is 0. The van der Waals surface area contributed by atoms with E-state index in [1.165, 1.54) is 0 Å². The third kappa shape index (κ3) is 27.6. The first-order valence-electron chi connectivity index (χ1n) is 0. The number of rotatable bonds is 0. The maximum atomic E-state index is 0. The maximum absolute atomic E-state index is 0. The van der Waals surface area contributed by atoms with Gasteiger partial charge in [-0.25, -0.2) is 0 Å². The smallest absolute Gasteiger partial charge is 1.00 e. The van der Waals surface area contributed by atoms with Gasteiger partial charge in [-0.15, -0.1) is 0 Å². The second-order valence-corrected chi connectivity index (χ2v) is 0. The van der Waals surface area contributed by atoms with E-state index in [1.807, 2.05) is 0 Å². The van der Waals surface area contributed by atoms with Crippen molar-refractivity contribution in [1.82, 2.24) is 0 Å². The molecule has 0 radical (unpaired) electrons. The van der Waals surface area contributed by atoms with E-state index in [2.05, 4.69) is 0 Å². The molecule has 0 aliphatic heterocycles. The van der Waals surface area contributed by atoms with Gasteiger partial charge in [0.05, 0.1) is 0 Å². The third-order valence-corrected chi connectivity index (χ3v) is 0. The van der Waals surface area contributed by atoms with Crippen LogP contribution in [0.4, 0.5) is 0 Å². The minimum atomic E-state index is 0. The molecular formula is Cl5K-4. The maximum Gasteiger partial charge on any atom is 1.00 e. The molecular weight excluding hydrogens is 216 g/mol. The van der Waals surface area contributed by atoms with Gasteiger partial charge in [0.1, 0.15) is 0 Å². The van der Waals surface area contributed by atoms with Gasteiger partial charge in [0.15, 0.2) is 0 Å². The van der Waals surface area contributed by atoms with Crippen LogP contribution in [0.25, 0.3) is 0 Å². The van der Waals surface area contributed by atoms with E-state index in [9.17, 15) is 0 Å². The van der Waals surface area contributed by atoms with Gasteiger partial charge >= 0.3 is 51.4 Å². The van der Waals surface area contributed by atoms with Crippen LogP contribution in [0.3, 0.4) is 0 Å². The van der Waals surface area contributed by atoms with Gasteiger partial charge in [0.25, 0.3) is 0 Å². The van der Waals surface area contributed by atoms with Crippen molar-refractivity contribution < 1.29 is 113 Å². The summed E-state index contributed by atoms with van der Waals surface area (Å²) in [4.78, 5) is 0. The summed E-state index contributed by atoms with van der Waals surface area (Å²) in [6.45, 7) is 0. The van der Waals surface area contributed by atoms with Crippen LogP contribution in [0, 0.1) is 0 Å². The molecule has 0 unspecified atom stereocenters. The van der Waals surface area contributed by atoms with Gasteiger partial charge in [-0.2, -0.15) is 0 Å². The van der Waals surface area contributed by atoms with Crippen molar-refractivity contribution in [1.29, 1.82) is 0 Å². The first-order chi connectivity index (χ1) is 0. The summed E-state index contributed by atoms with van der Waals surface area (Å²) in [6.07, 6.45) is 0. The summed E-state index contributed by atoms with van der Waals surface area (Å²) >= 11 is 0. The molecule has 0 aliphatic carbocycles. The second kappa shape index (κ2) is 42.6. The Hall–Kier alpha value is 3.09. The molecule has 0 N–H and O–H groups in total. The minimum absolute atomic E-state index is 0. The number of halogens is 5. The van der Waals surface area contributed by atoms with E-state index >= 15 is 0 Å². The minimum Gasteiger partial charge on any atom is -1.00 e. The zero-order chi connectivity index (χ0) is 0. The second-order valence-electron chi connectivity index (χ2n) is 0. The molecule has 0 saturated heterocycles. The molecule has 0 bridgehead atoms. The SMILES string of the molecule is [Cl-].[Cl-].[Cl-].[Cl-].[Cl-].[K+]. The average Bonchev–Trinajstić information content (AvgIpc) is 0. The van der Waals surface area contributed by atoms with Crippen molar-refractivity contribution in [2.75, 3.05) is 0 Å². The van der Waals surface area contributed by atoms with Crippen LogP contribution in [0.2, 0.25) is 0 Å². The van der Waals surface area contributed by atoms with Crippen molar-refractivity contribution in [2.45, 2.75) is 0 Å². The van der Waals surface area contributed by atoms with Gasteiger partial charge < -0.3 is 62.0 Å². The fourth-order valence-electron chi connectivity index (χ4n) is 0. The van der Waals surface area contributed by atoms with Crippen molar-refractivity contribution in [3.8, 4) is 0 Å². The molecule has 6 heteroatoms. The van der Waals surface area contributed by atoms with Crippen LogP contribution < -0.4 is 113 Å². The fraction of sp³-hybridized carbons (Fsp3) is 0.